The number of nitrogens with one attached hydrogen (secondary N) is 1. The van der Waals surface area contributed by atoms with E-state index in [1.54, 1.807) is 7.11 Å². The Hall–Kier alpha value is -1.81. The molecule has 1 aromatic heterocycles. The molecule has 1 N–H and O–H groups in total. The average molecular weight is 285 g/mol. The van der Waals surface area contributed by atoms with Crippen LogP contribution in [0.15, 0.2) is 36.7 Å². The third kappa shape index (κ3) is 3.45. The summed E-state index contributed by atoms with van der Waals surface area (Å²) in [4.78, 5) is 0. The van der Waals surface area contributed by atoms with Crippen LogP contribution in [0.1, 0.15) is 36.4 Å². The molecule has 0 fully saturated rings. The Morgan fingerprint density at radius 3 is 3.14 bits per heavy atom. The van der Waals surface area contributed by atoms with Gasteiger partial charge in [0.15, 0.2) is 0 Å². The predicted molar refractivity (Wildman–Crippen MR) is 84.5 cm³/mol. The lowest BCUT2D eigenvalue weighted by Crippen LogP contribution is -2.11. The third-order valence-electron chi connectivity index (χ3n) is 4.12. The smallest absolute Gasteiger partial charge is 0.0731 e. The summed E-state index contributed by atoms with van der Waals surface area (Å²) in [5.41, 5.74) is 4.02. The van der Waals surface area contributed by atoms with Crippen molar-refractivity contribution in [3.63, 3.8) is 0 Å². The van der Waals surface area contributed by atoms with E-state index in [2.05, 4.69) is 40.9 Å². The standard InChI is InChI=1S/C17H23N3O/c1-21-11-10-20-13-15(12-18-20)19-17-9-5-3-7-14-6-2-4-8-16(14)17/h2,4,6,8,12-13,17,19H,3,5,7,9-11H2,1H3. The molecular weight excluding hydrogens is 262 g/mol. The van der Waals surface area contributed by atoms with E-state index in [1.807, 2.05) is 10.9 Å². The molecule has 1 unspecified atom stereocenters. The first-order chi connectivity index (χ1) is 10.4. The van der Waals surface area contributed by atoms with Crippen LogP contribution in [0.2, 0.25) is 0 Å². The van der Waals surface area contributed by atoms with Crippen LogP contribution in [-0.2, 0) is 17.7 Å². The summed E-state index contributed by atoms with van der Waals surface area (Å²) in [5, 5.41) is 8.02. The van der Waals surface area contributed by atoms with Gasteiger partial charge < -0.3 is 10.1 Å². The maximum Gasteiger partial charge on any atom is 0.0731 e. The molecule has 0 bridgehead atoms. The van der Waals surface area contributed by atoms with Crippen LogP contribution in [0, 0.1) is 0 Å². The van der Waals surface area contributed by atoms with Crippen LogP contribution in [0.4, 0.5) is 5.69 Å². The molecule has 1 aromatic carbocycles. The molecule has 1 aliphatic rings. The highest BCUT2D eigenvalue weighted by molar-refractivity contribution is 5.44. The number of methoxy groups -OCH3 is 1. The first kappa shape index (κ1) is 14.1. The van der Waals surface area contributed by atoms with Gasteiger partial charge in [-0.25, -0.2) is 0 Å². The first-order valence-electron chi connectivity index (χ1n) is 7.72. The molecule has 1 aliphatic carbocycles. The molecule has 2 aromatic rings. The topological polar surface area (TPSA) is 39.1 Å². The molecule has 0 spiro atoms. The molecule has 3 rings (SSSR count). The number of rotatable bonds is 5. The van der Waals surface area contributed by atoms with E-state index >= 15 is 0 Å². The second-order valence-electron chi connectivity index (χ2n) is 5.63. The van der Waals surface area contributed by atoms with Crippen LogP contribution in [0.25, 0.3) is 0 Å². The highest BCUT2D eigenvalue weighted by atomic mass is 16.5. The fourth-order valence-electron chi connectivity index (χ4n) is 3.02. The SMILES string of the molecule is COCCn1cc(NC2CCCCc3ccccc32)cn1. The lowest BCUT2D eigenvalue weighted by molar-refractivity contribution is 0.183. The summed E-state index contributed by atoms with van der Waals surface area (Å²) in [5.74, 6) is 0. The number of hydrogen-bond donors (Lipinski definition) is 1. The average Bonchev–Trinajstić information content (AvgIpc) is 2.86. The van der Waals surface area contributed by atoms with E-state index in [1.165, 1.54) is 36.8 Å². The van der Waals surface area contributed by atoms with Gasteiger partial charge in [-0.05, 0) is 30.4 Å². The van der Waals surface area contributed by atoms with Crippen LogP contribution in [0.5, 0.6) is 0 Å². The van der Waals surface area contributed by atoms with Crippen molar-refractivity contribution in [3.05, 3.63) is 47.8 Å². The normalized spacial score (nSPS) is 18.0. The van der Waals surface area contributed by atoms with Crippen LogP contribution < -0.4 is 5.32 Å². The van der Waals surface area contributed by atoms with Crippen LogP contribution in [0.3, 0.4) is 0 Å². The Morgan fingerprint density at radius 1 is 1.33 bits per heavy atom. The highest BCUT2D eigenvalue weighted by Gasteiger charge is 2.18. The molecule has 21 heavy (non-hydrogen) atoms. The summed E-state index contributed by atoms with van der Waals surface area (Å²) in [6, 6.07) is 9.19. The molecule has 0 amide bonds. The van der Waals surface area contributed by atoms with E-state index in [9.17, 15) is 0 Å². The second-order valence-corrected chi connectivity index (χ2v) is 5.63. The lowest BCUT2D eigenvalue weighted by Gasteiger charge is -2.19. The van der Waals surface area contributed by atoms with Gasteiger partial charge in [0.2, 0.25) is 0 Å². The summed E-state index contributed by atoms with van der Waals surface area (Å²) in [6.45, 7) is 1.48. The molecule has 1 atom stereocenters. The van der Waals surface area contributed by atoms with Crippen LogP contribution >= 0.6 is 0 Å². The maximum absolute atomic E-state index is 5.09. The van der Waals surface area contributed by atoms with Gasteiger partial charge in [0.1, 0.15) is 0 Å². The van der Waals surface area contributed by atoms with Gasteiger partial charge in [0.05, 0.1) is 31.1 Å². The monoisotopic (exact) mass is 285 g/mol. The van der Waals surface area contributed by atoms with Crippen molar-refractivity contribution in [3.8, 4) is 0 Å². The van der Waals surface area contributed by atoms with Crippen molar-refractivity contribution < 1.29 is 4.74 Å². The third-order valence-corrected chi connectivity index (χ3v) is 4.12. The van der Waals surface area contributed by atoms with Crippen LogP contribution in [-0.4, -0.2) is 23.5 Å². The summed E-state index contributed by atoms with van der Waals surface area (Å²) in [7, 11) is 1.71. The van der Waals surface area contributed by atoms with Crippen molar-refractivity contribution in [2.75, 3.05) is 19.0 Å². The molecule has 4 nitrogen and oxygen atoms in total. The van der Waals surface area contributed by atoms with Gasteiger partial charge in [-0.3, -0.25) is 4.68 Å². The van der Waals surface area contributed by atoms with E-state index in [4.69, 9.17) is 4.74 Å². The minimum absolute atomic E-state index is 0.392. The van der Waals surface area contributed by atoms with Gasteiger partial charge >= 0.3 is 0 Å². The van der Waals surface area contributed by atoms with E-state index in [0.717, 1.165) is 12.2 Å². The summed E-state index contributed by atoms with van der Waals surface area (Å²) < 4.78 is 7.01. The molecule has 0 radical (unpaired) electrons. The molecule has 4 heteroatoms. The summed E-state index contributed by atoms with van der Waals surface area (Å²) >= 11 is 0. The van der Waals surface area contributed by atoms with Gasteiger partial charge in [0, 0.05) is 13.3 Å². The molecule has 112 valence electrons. The number of anilines is 1. The Labute approximate surface area is 126 Å². The first-order valence-corrected chi connectivity index (χ1v) is 7.72. The van der Waals surface area contributed by atoms with E-state index in [-0.39, 0.29) is 0 Å². The fourth-order valence-corrected chi connectivity index (χ4v) is 3.02. The van der Waals surface area contributed by atoms with E-state index < -0.39 is 0 Å². The number of benzene rings is 1. The van der Waals surface area contributed by atoms with Gasteiger partial charge in [-0.2, -0.15) is 5.10 Å². The van der Waals surface area contributed by atoms with Gasteiger partial charge in [-0.1, -0.05) is 30.7 Å². The van der Waals surface area contributed by atoms with Crippen molar-refractivity contribution in [2.24, 2.45) is 0 Å². The van der Waals surface area contributed by atoms with Gasteiger partial charge in [0.25, 0.3) is 0 Å². The molecule has 0 saturated carbocycles. The number of fused-ring (bicyclic) bond motifs is 1. The minimum atomic E-state index is 0.392. The Bertz CT molecular complexity index is 579. The lowest BCUT2D eigenvalue weighted by atomic mass is 9.99. The number of hydrogen-bond acceptors (Lipinski definition) is 3. The number of ether oxygens (including phenoxy) is 1. The molecule has 1 heterocycles. The zero-order valence-electron chi connectivity index (χ0n) is 12.6. The van der Waals surface area contributed by atoms with Crippen molar-refractivity contribution in [1.82, 2.24) is 9.78 Å². The minimum Gasteiger partial charge on any atom is -0.383 e. The largest absolute Gasteiger partial charge is 0.383 e. The zero-order valence-corrected chi connectivity index (χ0v) is 12.6. The summed E-state index contributed by atoms with van der Waals surface area (Å²) in [6.07, 6.45) is 8.89. The highest BCUT2D eigenvalue weighted by Crippen LogP contribution is 2.31. The number of nitrogens with zero attached hydrogens (tertiary/aromatic N) is 2. The predicted octanol–water partition coefficient (Wildman–Crippen LogP) is 3.41. The quantitative estimate of drug-likeness (QED) is 0.856. The zero-order chi connectivity index (χ0) is 14.5. The number of aryl methyl sites for hydroxylation is 1. The van der Waals surface area contributed by atoms with E-state index in [0.29, 0.717) is 12.6 Å². The molecular formula is C17H23N3O. The Kier molecular flexibility index (Phi) is 4.55. The van der Waals surface area contributed by atoms with Crippen molar-refractivity contribution >= 4 is 5.69 Å². The fraction of sp³-hybridized carbons (Fsp3) is 0.471. The number of aromatic nitrogens is 2. The Morgan fingerprint density at radius 2 is 2.24 bits per heavy atom. The van der Waals surface area contributed by atoms with Crippen molar-refractivity contribution in [1.29, 1.82) is 0 Å². The Balaban J connectivity index is 1.73. The molecule has 0 saturated heterocycles. The van der Waals surface area contributed by atoms with Crippen molar-refractivity contribution in [2.45, 2.75) is 38.3 Å². The second kappa shape index (κ2) is 6.76. The van der Waals surface area contributed by atoms with Gasteiger partial charge in [-0.15, -0.1) is 0 Å². The molecule has 0 aliphatic heterocycles. The maximum atomic E-state index is 5.09.